The lowest BCUT2D eigenvalue weighted by Crippen LogP contribution is -2.35. The molecule has 0 aliphatic rings. The molecule has 0 radical (unpaired) electrons. The molecule has 0 fully saturated rings. The Kier molecular flexibility index (Phi) is 16.5. The third-order valence-electron chi connectivity index (χ3n) is 5.17. The number of aromatic nitrogens is 1. The van der Waals surface area contributed by atoms with Crippen molar-refractivity contribution in [2.75, 3.05) is 26.3 Å². The predicted octanol–water partition coefficient (Wildman–Crippen LogP) is 7.26. The minimum Gasteiger partial charge on any atom is -0.465 e. The molecule has 0 aliphatic heterocycles. The van der Waals surface area contributed by atoms with Crippen LogP contribution >= 0.6 is 6.64 Å². The largest absolute Gasteiger partial charge is 0.465 e. The highest BCUT2D eigenvalue weighted by atomic mass is 32.5. The Morgan fingerprint density at radius 1 is 1.03 bits per heavy atom. The van der Waals surface area contributed by atoms with Crippen LogP contribution in [0.3, 0.4) is 0 Å². The first-order valence-electron chi connectivity index (χ1n) is 12.9. The van der Waals surface area contributed by atoms with Crippen LogP contribution in [0, 0.1) is 10.1 Å². The number of pyridine rings is 1. The van der Waals surface area contributed by atoms with Crippen molar-refractivity contribution in [3.63, 3.8) is 0 Å². The number of hydrogen-bond acceptors (Lipinski definition) is 7. The van der Waals surface area contributed by atoms with Gasteiger partial charge in [-0.1, -0.05) is 66.2 Å². The van der Waals surface area contributed by atoms with Gasteiger partial charge in [0.2, 0.25) is 0 Å². The van der Waals surface area contributed by atoms with Gasteiger partial charge in [0, 0.05) is 37.2 Å². The lowest BCUT2D eigenvalue weighted by atomic mass is 10.2. The van der Waals surface area contributed by atoms with Gasteiger partial charge in [-0.05, 0) is 31.7 Å². The van der Waals surface area contributed by atoms with Crippen LogP contribution in [-0.2, 0) is 21.1 Å². The highest BCUT2D eigenvalue weighted by molar-refractivity contribution is 8.09. The van der Waals surface area contributed by atoms with Gasteiger partial charge in [-0.2, -0.15) is 0 Å². The average Bonchev–Trinajstić information content (AvgIpc) is 2.84. The molecule has 1 unspecified atom stereocenters. The van der Waals surface area contributed by atoms with Gasteiger partial charge in [0.25, 0.3) is 11.9 Å². The van der Waals surface area contributed by atoms with E-state index < -0.39 is 11.6 Å². The first-order valence-corrected chi connectivity index (χ1v) is 15.5. The second-order valence-electron chi connectivity index (χ2n) is 8.32. The van der Waals surface area contributed by atoms with E-state index in [2.05, 4.69) is 37.6 Å². The second-order valence-corrected chi connectivity index (χ2v) is 11.3. The van der Waals surface area contributed by atoms with Crippen LogP contribution < -0.4 is 4.52 Å². The van der Waals surface area contributed by atoms with Crippen LogP contribution in [0.1, 0.15) is 91.9 Å². The van der Waals surface area contributed by atoms with Crippen molar-refractivity contribution < 1.29 is 18.7 Å². The van der Waals surface area contributed by atoms with E-state index in [0.717, 1.165) is 77.3 Å². The van der Waals surface area contributed by atoms with E-state index in [0.29, 0.717) is 19.2 Å². The van der Waals surface area contributed by atoms with Crippen molar-refractivity contribution in [1.82, 2.24) is 9.88 Å². The number of nitrogens with zero attached hydrogens (tertiary/aromatic N) is 4. The Morgan fingerprint density at radius 3 is 2.29 bits per heavy atom. The van der Waals surface area contributed by atoms with Gasteiger partial charge < -0.3 is 18.7 Å². The second kappa shape index (κ2) is 18.5. The summed E-state index contributed by atoms with van der Waals surface area (Å²) in [6.45, 7) is 7.53. The van der Waals surface area contributed by atoms with Gasteiger partial charge >= 0.3 is 12.3 Å². The van der Waals surface area contributed by atoms with Gasteiger partial charge in [0.1, 0.15) is 0 Å². The molecule has 9 nitrogen and oxygen atoms in total. The smallest absolute Gasteiger partial charge is 0.367 e. The molecule has 35 heavy (non-hydrogen) atoms. The minimum atomic E-state index is -3.39. The molecule has 1 atom stereocenters. The Bertz CT molecular complexity index is 804. The average molecular weight is 531 g/mol. The van der Waals surface area contributed by atoms with Crippen LogP contribution in [0.4, 0.5) is 5.69 Å². The third kappa shape index (κ3) is 12.7. The van der Waals surface area contributed by atoms with Crippen molar-refractivity contribution in [3.8, 4) is 5.88 Å². The van der Waals surface area contributed by atoms with Crippen molar-refractivity contribution in [1.29, 1.82) is 0 Å². The number of nitro groups is 1. The van der Waals surface area contributed by atoms with Gasteiger partial charge in [0.05, 0.1) is 18.1 Å². The van der Waals surface area contributed by atoms with Crippen LogP contribution in [0.15, 0.2) is 23.1 Å². The molecular formula is C24H43N4O5PS. The van der Waals surface area contributed by atoms with E-state index >= 15 is 0 Å². The highest BCUT2D eigenvalue weighted by Crippen LogP contribution is 2.52. The van der Waals surface area contributed by atoms with Gasteiger partial charge in [-0.25, -0.2) is 4.98 Å². The standard InChI is InChI=1S/C24H43N4O5PS/c1-5-9-13-14-21-32-34(35,33-23-22(28(29)30)16-15-17-25-23)26-24(31-20-12-8-4)27(18-10-6-2)19-11-7-3/h15-17H,5-14,18-21H2,1-4H3/b26-24+. The molecule has 11 heteroatoms. The molecule has 0 saturated carbocycles. The third-order valence-corrected chi connectivity index (χ3v) is 7.29. The topological polar surface area (TPSA) is 99.3 Å². The number of ether oxygens (including phenoxy) is 1. The van der Waals surface area contributed by atoms with Crippen LogP contribution in [0.25, 0.3) is 0 Å². The predicted molar refractivity (Wildman–Crippen MR) is 146 cm³/mol. The summed E-state index contributed by atoms with van der Waals surface area (Å²) in [4.78, 5) is 17.2. The quantitative estimate of drug-likeness (QED) is 0.0460. The van der Waals surface area contributed by atoms with Crippen LogP contribution in [0.2, 0.25) is 0 Å². The molecule has 0 amide bonds. The maximum atomic E-state index is 11.5. The highest BCUT2D eigenvalue weighted by Gasteiger charge is 2.29. The molecule has 0 aromatic carbocycles. The van der Waals surface area contributed by atoms with Gasteiger partial charge in [-0.15, -0.1) is 4.76 Å². The summed E-state index contributed by atoms with van der Waals surface area (Å²) in [5.74, 6) is -0.181. The first kappa shape index (κ1) is 31.3. The molecule has 0 spiro atoms. The molecule has 0 aliphatic carbocycles. The monoisotopic (exact) mass is 530 g/mol. The van der Waals surface area contributed by atoms with Crippen molar-refractivity contribution >= 4 is 30.2 Å². The number of rotatable bonds is 19. The summed E-state index contributed by atoms with van der Waals surface area (Å²) in [7, 11) is 0. The van der Waals surface area contributed by atoms with E-state index in [9.17, 15) is 10.1 Å². The maximum absolute atomic E-state index is 11.5. The van der Waals surface area contributed by atoms with E-state index in [4.69, 9.17) is 30.4 Å². The molecule has 1 rings (SSSR count). The zero-order valence-corrected chi connectivity index (χ0v) is 23.5. The summed E-state index contributed by atoms with van der Waals surface area (Å²) >= 11 is 5.82. The molecular weight excluding hydrogens is 487 g/mol. The Morgan fingerprint density at radius 2 is 1.69 bits per heavy atom. The van der Waals surface area contributed by atoms with Gasteiger partial charge in [0.15, 0.2) is 0 Å². The van der Waals surface area contributed by atoms with Crippen molar-refractivity contribution in [2.24, 2.45) is 4.76 Å². The van der Waals surface area contributed by atoms with Crippen molar-refractivity contribution in [2.45, 2.75) is 91.9 Å². The van der Waals surface area contributed by atoms with E-state index in [-0.39, 0.29) is 11.6 Å². The molecule has 0 N–H and O–H groups in total. The summed E-state index contributed by atoms with van der Waals surface area (Å²) in [5.41, 5.74) is -0.270. The van der Waals surface area contributed by atoms with Crippen molar-refractivity contribution in [3.05, 3.63) is 28.4 Å². The SMILES string of the molecule is CCCCCCOP(=S)(/N=C(/OCCCC)N(CCCC)CCCC)Oc1ncccc1[N+](=O)[O-]. The first-order chi connectivity index (χ1) is 16.9. The Hall–Kier alpha value is -1.77. The lowest BCUT2D eigenvalue weighted by Gasteiger charge is -2.27. The fourth-order valence-corrected chi connectivity index (χ4v) is 4.99. The fourth-order valence-electron chi connectivity index (χ4n) is 3.08. The zero-order valence-electron chi connectivity index (χ0n) is 21.8. The normalized spacial score (nSPS) is 13.3. The molecule has 1 aromatic rings. The van der Waals surface area contributed by atoms with E-state index in [1.807, 2.05) is 0 Å². The lowest BCUT2D eigenvalue weighted by molar-refractivity contribution is -0.385. The van der Waals surface area contributed by atoms with E-state index in [1.165, 1.54) is 18.3 Å². The molecule has 1 heterocycles. The summed E-state index contributed by atoms with van der Waals surface area (Å²) in [5, 5.41) is 11.5. The van der Waals surface area contributed by atoms with Crippen LogP contribution in [-0.4, -0.2) is 47.1 Å². The molecule has 200 valence electrons. The minimum absolute atomic E-state index is 0.181. The number of unbranched alkanes of at least 4 members (excludes halogenated alkanes) is 6. The molecule has 1 aromatic heterocycles. The van der Waals surface area contributed by atoms with Gasteiger partial charge in [-0.3, -0.25) is 10.1 Å². The zero-order chi connectivity index (χ0) is 25.9. The summed E-state index contributed by atoms with van der Waals surface area (Å²) < 4.78 is 22.9. The summed E-state index contributed by atoms with van der Waals surface area (Å²) in [6, 6.07) is 3.22. The Balaban J connectivity index is 3.35. The summed E-state index contributed by atoms with van der Waals surface area (Å²) in [6.07, 6.45) is 11.3. The molecule has 0 bridgehead atoms. The van der Waals surface area contributed by atoms with Crippen LogP contribution in [0.5, 0.6) is 5.88 Å². The fraction of sp³-hybridized carbons (Fsp3) is 0.750. The number of hydrogen-bond donors (Lipinski definition) is 0. The maximum Gasteiger partial charge on any atom is 0.367 e. The number of amidine groups is 1. The molecule has 0 saturated heterocycles. The van der Waals surface area contributed by atoms with E-state index in [1.54, 1.807) is 0 Å². The Labute approximate surface area is 216 Å².